The molecule has 0 aromatic carbocycles. The van der Waals surface area contributed by atoms with Crippen LogP contribution in [0.5, 0.6) is 5.75 Å². The van der Waals surface area contributed by atoms with Gasteiger partial charge in [0.05, 0.1) is 45.9 Å². The number of carbonyl (C=O) groups is 1. The second-order valence-corrected chi connectivity index (χ2v) is 11.1. The van der Waals surface area contributed by atoms with E-state index >= 15 is 0 Å². The molecule has 1 saturated heterocycles. The maximum absolute atomic E-state index is 11.8. The van der Waals surface area contributed by atoms with Gasteiger partial charge in [-0.15, -0.1) is 11.3 Å². The molecule has 2 N–H and O–H groups in total. The molecule has 6 aromatic heterocycles. The van der Waals surface area contributed by atoms with Crippen molar-refractivity contribution in [2.75, 3.05) is 26.2 Å². The number of aromatic amines is 2. The number of pyridine rings is 3. The summed E-state index contributed by atoms with van der Waals surface area (Å²) in [4.78, 5) is 33.0. The van der Waals surface area contributed by atoms with E-state index in [9.17, 15) is 4.79 Å². The van der Waals surface area contributed by atoms with Crippen molar-refractivity contribution >= 4 is 38.9 Å². The summed E-state index contributed by atoms with van der Waals surface area (Å²) in [5.41, 5.74) is 6.06. The first-order valence-electron chi connectivity index (χ1n) is 13.4. The Labute approximate surface area is 234 Å². The van der Waals surface area contributed by atoms with Crippen LogP contribution in [-0.4, -0.2) is 67.1 Å². The highest BCUT2D eigenvalue weighted by Gasteiger charge is 2.17. The second kappa shape index (κ2) is 10.3. The van der Waals surface area contributed by atoms with Gasteiger partial charge in [0.2, 0.25) is 0 Å². The predicted octanol–water partition coefficient (Wildman–Crippen LogP) is 5.97. The minimum atomic E-state index is 0.0629. The smallest absolute Gasteiger partial charge is 0.169 e. The van der Waals surface area contributed by atoms with Crippen LogP contribution >= 0.6 is 11.3 Å². The van der Waals surface area contributed by atoms with Gasteiger partial charge in [-0.25, -0.2) is 0 Å². The van der Waals surface area contributed by atoms with Crippen LogP contribution in [0.1, 0.15) is 29.4 Å². The van der Waals surface area contributed by atoms with Gasteiger partial charge >= 0.3 is 0 Å². The van der Waals surface area contributed by atoms with Crippen LogP contribution in [0.4, 0.5) is 0 Å². The summed E-state index contributed by atoms with van der Waals surface area (Å²) in [5.74, 6) is 0.802. The number of aromatic nitrogens is 6. The largest absolute Gasteiger partial charge is 0.491 e. The number of nitrogens with one attached hydrogen (secondary N) is 2. The third-order valence-corrected chi connectivity index (χ3v) is 8.57. The van der Waals surface area contributed by atoms with Gasteiger partial charge in [-0.2, -0.15) is 5.10 Å². The number of H-pyrrole nitrogens is 2. The number of thiophene rings is 1. The number of rotatable bonds is 8. The van der Waals surface area contributed by atoms with Gasteiger partial charge in [-0.3, -0.25) is 29.7 Å². The minimum absolute atomic E-state index is 0.0629. The van der Waals surface area contributed by atoms with Crippen molar-refractivity contribution in [2.45, 2.75) is 19.8 Å². The van der Waals surface area contributed by atoms with Crippen LogP contribution in [0.2, 0.25) is 0 Å². The zero-order valence-electron chi connectivity index (χ0n) is 22.0. The first-order chi connectivity index (χ1) is 19.6. The maximum Gasteiger partial charge on any atom is 0.169 e. The van der Waals surface area contributed by atoms with Crippen molar-refractivity contribution in [3.63, 3.8) is 0 Å². The number of ketones is 1. The fourth-order valence-corrected chi connectivity index (χ4v) is 6.19. The number of hydrogen-bond donors (Lipinski definition) is 2. The normalized spacial score (nSPS) is 13.9. The quantitative estimate of drug-likeness (QED) is 0.225. The van der Waals surface area contributed by atoms with E-state index < -0.39 is 0 Å². The number of fused-ring (bicyclic) bond motifs is 2. The fourth-order valence-electron chi connectivity index (χ4n) is 5.26. The SMILES string of the molecule is CC(=O)c1ccc(-c2cncc3[nH]c(-c4n[nH]c5cnc(-c6cncc(OCCN7CCCC7)c6)cc45)cc23)s1. The highest BCUT2D eigenvalue weighted by Crippen LogP contribution is 2.37. The Morgan fingerprint density at radius 2 is 1.88 bits per heavy atom. The van der Waals surface area contributed by atoms with Crippen LogP contribution < -0.4 is 4.74 Å². The standard InChI is InChI=1S/C30H27N7O2S/c1-18(38)28-4-5-29(40-28)23-15-32-16-26-21(23)11-25(34-26)30-22-12-24(33-17-27(22)35-36-30)19-10-20(14-31-13-19)39-9-8-37-6-2-3-7-37/h4-5,10-17,34H,2-3,6-9H2,1H3,(H,35,36). The molecule has 0 saturated carbocycles. The summed E-state index contributed by atoms with van der Waals surface area (Å²) in [5, 5.41) is 9.70. The van der Waals surface area contributed by atoms with Crippen molar-refractivity contribution in [3.8, 4) is 38.8 Å². The number of ether oxygens (including phenoxy) is 1. The van der Waals surface area contributed by atoms with Gasteiger partial charge in [0.15, 0.2) is 5.78 Å². The second-order valence-electron chi connectivity index (χ2n) is 10.0. The van der Waals surface area contributed by atoms with E-state index in [0.29, 0.717) is 6.61 Å². The molecule has 6 aromatic rings. The lowest BCUT2D eigenvalue weighted by atomic mass is 10.1. The molecule has 200 valence electrons. The first kappa shape index (κ1) is 24.6. The number of nitrogens with zero attached hydrogens (tertiary/aromatic N) is 5. The molecular formula is C30H27N7O2S. The molecule has 0 spiro atoms. The maximum atomic E-state index is 11.8. The average molecular weight is 550 g/mol. The number of likely N-dealkylation sites (tertiary alicyclic amines) is 1. The number of hydrogen-bond acceptors (Lipinski definition) is 8. The van der Waals surface area contributed by atoms with Gasteiger partial charge in [0.25, 0.3) is 0 Å². The summed E-state index contributed by atoms with van der Waals surface area (Å²) in [6, 6.07) is 9.95. The van der Waals surface area contributed by atoms with Gasteiger partial charge < -0.3 is 9.72 Å². The molecule has 7 rings (SSSR count). The van der Waals surface area contributed by atoms with Gasteiger partial charge in [0, 0.05) is 45.7 Å². The van der Waals surface area contributed by atoms with Crippen LogP contribution in [0.25, 0.3) is 54.9 Å². The highest BCUT2D eigenvalue weighted by atomic mass is 32.1. The van der Waals surface area contributed by atoms with Crippen molar-refractivity contribution in [1.29, 1.82) is 0 Å². The topological polar surface area (TPSA) is 113 Å². The summed E-state index contributed by atoms with van der Waals surface area (Å²) < 4.78 is 6.01. The summed E-state index contributed by atoms with van der Waals surface area (Å²) in [6.45, 7) is 5.47. The van der Waals surface area contributed by atoms with Gasteiger partial charge in [0.1, 0.15) is 18.1 Å². The molecular weight excluding hydrogens is 522 g/mol. The van der Waals surface area contributed by atoms with Crippen molar-refractivity contribution in [2.24, 2.45) is 0 Å². The Hall–Kier alpha value is -4.41. The van der Waals surface area contributed by atoms with Crippen LogP contribution in [0.3, 0.4) is 0 Å². The van der Waals surface area contributed by atoms with Gasteiger partial charge in [-0.1, -0.05) is 0 Å². The Balaban J connectivity index is 1.20. The number of Topliss-reactive ketones (excluding diaryl/α,β-unsaturated/α-hetero) is 1. The van der Waals surface area contributed by atoms with Crippen LogP contribution in [0, 0.1) is 0 Å². The molecule has 0 amide bonds. The lowest BCUT2D eigenvalue weighted by Gasteiger charge is -2.15. The average Bonchev–Trinajstić information content (AvgIpc) is 3.78. The third kappa shape index (κ3) is 4.65. The molecule has 1 aliphatic rings. The molecule has 40 heavy (non-hydrogen) atoms. The molecule has 0 bridgehead atoms. The van der Waals surface area contributed by atoms with E-state index in [0.717, 1.165) is 85.2 Å². The zero-order valence-corrected chi connectivity index (χ0v) is 22.8. The molecule has 10 heteroatoms. The van der Waals surface area contributed by atoms with Crippen LogP contribution in [-0.2, 0) is 0 Å². The molecule has 0 unspecified atom stereocenters. The van der Waals surface area contributed by atoms with Crippen molar-refractivity contribution in [3.05, 3.63) is 66.2 Å². The minimum Gasteiger partial charge on any atom is -0.491 e. The Kier molecular flexibility index (Phi) is 6.33. The Morgan fingerprint density at radius 3 is 2.73 bits per heavy atom. The first-order valence-corrected chi connectivity index (χ1v) is 14.2. The Bertz CT molecular complexity index is 1850. The molecule has 0 atom stereocenters. The lowest BCUT2D eigenvalue weighted by Crippen LogP contribution is -2.25. The summed E-state index contributed by atoms with van der Waals surface area (Å²) in [6.07, 6.45) is 11.5. The van der Waals surface area contributed by atoms with E-state index in [2.05, 4.69) is 41.1 Å². The fraction of sp³-hybridized carbons (Fsp3) is 0.233. The molecule has 9 nitrogen and oxygen atoms in total. The predicted molar refractivity (Wildman–Crippen MR) is 157 cm³/mol. The van der Waals surface area contributed by atoms with E-state index in [-0.39, 0.29) is 5.78 Å². The molecule has 7 heterocycles. The van der Waals surface area contributed by atoms with Crippen molar-refractivity contribution < 1.29 is 9.53 Å². The van der Waals surface area contributed by atoms with E-state index in [1.54, 1.807) is 25.5 Å². The van der Waals surface area contributed by atoms with Gasteiger partial charge in [-0.05, 0) is 63.2 Å². The third-order valence-electron chi connectivity index (χ3n) is 7.35. The summed E-state index contributed by atoms with van der Waals surface area (Å²) in [7, 11) is 0. The highest BCUT2D eigenvalue weighted by molar-refractivity contribution is 7.17. The monoisotopic (exact) mass is 549 g/mol. The molecule has 0 radical (unpaired) electrons. The van der Waals surface area contributed by atoms with Crippen molar-refractivity contribution in [1.82, 2.24) is 35.0 Å². The molecule has 1 fully saturated rings. The number of carbonyl (C=O) groups excluding carboxylic acids is 1. The lowest BCUT2D eigenvalue weighted by molar-refractivity contribution is 0.102. The Morgan fingerprint density at radius 1 is 1.00 bits per heavy atom. The zero-order chi connectivity index (χ0) is 27.1. The van der Waals surface area contributed by atoms with E-state index in [1.807, 2.05) is 36.7 Å². The van der Waals surface area contributed by atoms with E-state index in [1.165, 1.54) is 24.2 Å². The van der Waals surface area contributed by atoms with E-state index in [4.69, 9.17) is 4.74 Å². The summed E-state index contributed by atoms with van der Waals surface area (Å²) >= 11 is 1.48. The molecule has 1 aliphatic heterocycles. The van der Waals surface area contributed by atoms with Crippen LogP contribution in [0.15, 0.2) is 61.3 Å². The molecule has 0 aliphatic carbocycles.